The van der Waals surface area contributed by atoms with Gasteiger partial charge in [-0.05, 0) is 11.8 Å². The minimum atomic E-state index is 1.02. The van der Waals surface area contributed by atoms with Crippen LogP contribution >= 0.6 is 0 Å². The highest BCUT2D eigenvalue weighted by Gasteiger charge is 2.19. The second-order valence-electron chi connectivity index (χ2n) is 3.81. The largest absolute Gasteiger partial charge is 0.0683 e. The van der Waals surface area contributed by atoms with Gasteiger partial charge in [0.1, 0.15) is 0 Å². The van der Waals surface area contributed by atoms with Crippen molar-refractivity contribution in [2.24, 2.45) is 11.8 Å². The summed E-state index contributed by atoms with van der Waals surface area (Å²) < 4.78 is 0. The molecule has 2 unspecified atom stereocenters. The van der Waals surface area contributed by atoms with Crippen LogP contribution in [-0.4, -0.2) is 0 Å². The Bertz CT molecular complexity index is 84.0. The summed E-state index contributed by atoms with van der Waals surface area (Å²) in [6, 6.07) is 0. The van der Waals surface area contributed by atoms with Gasteiger partial charge in [0.05, 0.1) is 0 Å². The second kappa shape index (κ2) is 30.2. The molecule has 1 fully saturated rings. The summed E-state index contributed by atoms with van der Waals surface area (Å²) in [5, 5.41) is 0. The first-order chi connectivity index (χ1) is 8.84. The molecule has 0 nitrogen and oxygen atoms in total. The minimum absolute atomic E-state index is 1.02. The predicted molar refractivity (Wildman–Crippen MR) is 91.4 cm³/mol. The lowest BCUT2D eigenvalue weighted by Gasteiger charge is -2.28. The first kappa shape index (κ1) is 26.5. The maximum atomic E-state index is 2.43. The first-order valence-electron chi connectivity index (χ1n) is 8.84. The zero-order valence-corrected chi connectivity index (χ0v) is 15.4. The highest BCUT2D eigenvalue weighted by Crippen LogP contribution is 2.32. The van der Waals surface area contributed by atoms with E-state index in [1.54, 1.807) is 0 Å². The Kier molecular flexibility index (Phi) is 44.6. The standard InChI is InChI=1S/C10H20.4C2H6/c1-3-6-10-8-5-4-7-9(10)2;4*1-2/h9-10H,3-8H2,1-2H3;4*1-2H3. The number of hydrogen-bond donors (Lipinski definition) is 0. The van der Waals surface area contributed by atoms with Crippen LogP contribution < -0.4 is 0 Å². The van der Waals surface area contributed by atoms with Gasteiger partial charge in [-0.2, -0.15) is 0 Å². The van der Waals surface area contributed by atoms with Crippen molar-refractivity contribution in [1.82, 2.24) is 0 Å². The highest BCUT2D eigenvalue weighted by atomic mass is 14.2. The lowest BCUT2D eigenvalue weighted by atomic mass is 9.78. The molecule has 18 heavy (non-hydrogen) atoms. The van der Waals surface area contributed by atoms with Crippen molar-refractivity contribution < 1.29 is 0 Å². The van der Waals surface area contributed by atoms with Crippen LogP contribution in [0.4, 0.5) is 0 Å². The first-order valence-corrected chi connectivity index (χ1v) is 8.84. The molecule has 1 saturated carbocycles. The third-order valence-corrected chi connectivity index (χ3v) is 2.95. The summed E-state index contributed by atoms with van der Waals surface area (Å²) in [7, 11) is 0. The van der Waals surface area contributed by atoms with E-state index in [1.165, 1.54) is 38.5 Å². The molecular formula is C18H44. The summed E-state index contributed by atoms with van der Waals surface area (Å²) in [5.74, 6) is 2.09. The second-order valence-corrected chi connectivity index (χ2v) is 3.81. The quantitative estimate of drug-likeness (QED) is 0.477. The summed E-state index contributed by atoms with van der Waals surface area (Å²) in [6.07, 6.45) is 8.84. The van der Waals surface area contributed by atoms with E-state index in [9.17, 15) is 0 Å². The zero-order valence-electron chi connectivity index (χ0n) is 15.4. The normalized spacial score (nSPS) is 20.3. The molecule has 0 heteroatoms. The Balaban J connectivity index is -0.000000105. The lowest BCUT2D eigenvalue weighted by molar-refractivity contribution is 0.240. The summed E-state index contributed by atoms with van der Waals surface area (Å²) in [4.78, 5) is 0. The van der Waals surface area contributed by atoms with Crippen LogP contribution in [0, 0.1) is 11.8 Å². The molecule has 0 heterocycles. The Morgan fingerprint density at radius 2 is 1.11 bits per heavy atom. The topological polar surface area (TPSA) is 0 Å². The van der Waals surface area contributed by atoms with Crippen molar-refractivity contribution in [3.8, 4) is 0 Å². The maximum Gasteiger partial charge on any atom is -0.0389 e. The molecule has 116 valence electrons. The van der Waals surface area contributed by atoms with Gasteiger partial charge in [-0.3, -0.25) is 0 Å². The molecule has 0 saturated heterocycles. The van der Waals surface area contributed by atoms with E-state index in [0.29, 0.717) is 0 Å². The van der Waals surface area contributed by atoms with Gasteiger partial charge in [0.25, 0.3) is 0 Å². The number of hydrogen-bond acceptors (Lipinski definition) is 0. The summed E-state index contributed by atoms with van der Waals surface area (Å²) in [6.45, 7) is 20.7. The van der Waals surface area contributed by atoms with Gasteiger partial charge < -0.3 is 0 Å². The van der Waals surface area contributed by atoms with Crippen LogP contribution in [0.25, 0.3) is 0 Å². The van der Waals surface area contributed by atoms with Gasteiger partial charge in [-0.15, -0.1) is 0 Å². The fraction of sp³-hybridized carbons (Fsp3) is 1.00. The Labute approximate surface area is 120 Å². The molecule has 2 atom stereocenters. The summed E-state index contributed by atoms with van der Waals surface area (Å²) in [5.41, 5.74) is 0. The Morgan fingerprint density at radius 1 is 0.722 bits per heavy atom. The molecule has 0 bridgehead atoms. The Hall–Kier alpha value is 0. The van der Waals surface area contributed by atoms with Crippen LogP contribution in [0.1, 0.15) is 108 Å². The molecule has 1 aliphatic carbocycles. The van der Waals surface area contributed by atoms with Crippen LogP contribution in [0.5, 0.6) is 0 Å². The SMILES string of the molecule is CC.CC.CC.CC.CCCC1CCCCC1C. The molecule has 0 aromatic rings. The number of rotatable bonds is 2. The van der Waals surface area contributed by atoms with Crippen molar-refractivity contribution in [1.29, 1.82) is 0 Å². The van der Waals surface area contributed by atoms with Gasteiger partial charge in [-0.1, -0.05) is 108 Å². The van der Waals surface area contributed by atoms with E-state index < -0.39 is 0 Å². The van der Waals surface area contributed by atoms with Crippen molar-refractivity contribution in [3.05, 3.63) is 0 Å². The molecule has 0 radical (unpaired) electrons. The van der Waals surface area contributed by atoms with E-state index in [1.807, 2.05) is 55.4 Å². The van der Waals surface area contributed by atoms with Crippen LogP contribution in [-0.2, 0) is 0 Å². The van der Waals surface area contributed by atoms with Crippen molar-refractivity contribution in [3.63, 3.8) is 0 Å². The molecule has 0 N–H and O–H groups in total. The Morgan fingerprint density at radius 3 is 1.44 bits per heavy atom. The molecule has 0 aromatic heterocycles. The van der Waals surface area contributed by atoms with E-state index in [0.717, 1.165) is 11.8 Å². The fourth-order valence-electron chi connectivity index (χ4n) is 2.19. The van der Waals surface area contributed by atoms with Gasteiger partial charge >= 0.3 is 0 Å². The average Bonchev–Trinajstić information content (AvgIpc) is 2.50. The molecule has 0 aromatic carbocycles. The van der Waals surface area contributed by atoms with Crippen LogP contribution in [0.3, 0.4) is 0 Å². The van der Waals surface area contributed by atoms with E-state index in [-0.39, 0.29) is 0 Å². The molecule has 0 aliphatic heterocycles. The molecular weight excluding hydrogens is 216 g/mol. The third-order valence-electron chi connectivity index (χ3n) is 2.95. The zero-order chi connectivity index (χ0) is 15.4. The molecule has 0 spiro atoms. The van der Waals surface area contributed by atoms with E-state index in [4.69, 9.17) is 0 Å². The molecule has 1 rings (SSSR count). The van der Waals surface area contributed by atoms with Gasteiger partial charge in [0, 0.05) is 0 Å². The lowest BCUT2D eigenvalue weighted by Crippen LogP contribution is -2.15. The highest BCUT2D eigenvalue weighted by molar-refractivity contribution is 4.71. The molecule has 0 amide bonds. The smallest absolute Gasteiger partial charge is 0.0389 e. The van der Waals surface area contributed by atoms with Crippen molar-refractivity contribution >= 4 is 0 Å². The van der Waals surface area contributed by atoms with Gasteiger partial charge in [-0.25, -0.2) is 0 Å². The maximum absolute atomic E-state index is 2.43. The average molecular weight is 261 g/mol. The van der Waals surface area contributed by atoms with E-state index >= 15 is 0 Å². The van der Waals surface area contributed by atoms with Crippen molar-refractivity contribution in [2.75, 3.05) is 0 Å². The fourth-order valence-corrected chi connectivity index (χ4v) is 2.19. The van der Waals surface area contributed by atoms with E-state index in [2.05, 4.69) is 13.8 Å². The van der Waals surface area contributed by atoms with Crippen LogP contribution in [0.2, 0.25) is 0 Å². The van der Waals surface area contributed by atoms with Gasteiger partial charge in [0.2, 0.25) is 0 Å². The minimum Gasteiger partial charge on any atom is -0.0683 e. The predicted octanol–water partition coefficient (Wildman–Crippen LogP) is 7.72. The third kappa shape index (κ3) is 18.4. The van der Waals surface area contributed by atoms with Crippen LogP contribution in [0.15, 0.2) is 0 Å². The summed E-state index contributed by atoms with van der Waals surface area (Å²) >= 11 is 0. The monoisotopic (exact) mass is 260 g/mol. The van der Waals surface area contributed by atoms with Gasteiger partial charge in [0.15, 0.2) is 0 Å². The van der Waals surface area contributed by atoms with Crippen molar-refractivity contribution in [2.45, 2.75) is 108 Å². The molecule has 1 aliphatic rings.